The molecule has 1 heterocycles. The monoisotopic (exact) mass is 393 g/mol. The van der Waals surface area contributed by atoms with Gasteiger partial charge in [0.1, 0.15) is 5.75 Å². The van der Waals surface area contributed by atoms with Gasteiger partial charge in [0.25, 0.3) is 0 Å². The molecular formula is C19H20ClNO4S. The molecule has 26 heavy (non-hydrogen) atoms. The maximum absolute atomic E-state index is 13.0. The lowest BCUT2D eigenvalue weighted by Gasteiger charge is -2.20. The van der Waals surface area contributed by atoms with Crippen molar-refractivity contribution in [3.63, 3.8) is 0 Å². The second-order valence-corrected chi connectivity index (χ2v) is 8.59. The Balaban J connectivity index is 1.97. The first-order chi connectivity index (χ1) is 12.3. The molecule has 0 amide bonds. The van der Waals surface area contributed by atoms with Gasteiger partial charge in [0.05, 0.1) is 17.8 Å². The maximum Gasteiger partial charge on any atom is 0.243 e. The average molecular weight is 394 g/mol. The van der Waals surface area contributed by atoms with Crippen LogP contribution in [0.5, 0.6) is 5.75 Å². The molecule has 2 aromatic rings. The first-order valence-corrected chi connectivity index (χ1v) is 9.92. The minimum atomic E-state index is -3.69. The van der Waals surface area contributed by atoms with Crippen LogP contribution in [0.3, 0.4) is 0 Å². The molecule has 0 aromatic heterocycles. The molecule has 1 aliphatic heterocycles. The van der Waals surface area contributed by atoms with Crippen LogP contribution in [0.25, 0.3) is 0 Å². The fraction of sp³-hybridized carbons (Fsp3) is 0.263. The Labute approximate surface area is 158 Å². The number of rotatable bonds is 5. The van der Waals surface area contributed by atoms with Gasteiger partial charge in [-0.15, -0.1) is 0 Å². The molecule has 2 atom stereocenters. The minimum Gasteiger partial charge on any atom is -0.508 e. The summed E-state index contributed by atoms with van der Waals surface area (Å²) in [5, 5.41) is 10.7. The molecule has 0 spiro atoms. The Morgan fingerprint density at radius 3 is 2.46 bits per heavy atom. The summed E-state index contributed by atoms with van der Waals surface area (Å²) in [5.41, 5.74) is 0.685. The Kier molecular flexibility index (Phi) is 5.27. The van der Waals surface area contributed by atoms with Crippen molar-refractivity contribution in [3.05, 3.63) is 71.5 Å². The second-order valence-electron chi connectivity index (χ2n) is 6.22. The molecule has 2 aromatic carbocycles. The van der Waals surface area contributed by atoms with Crippen LogP contribution in [0.15, 0.2) is 65.8 Å². The number of para-hydroxylation sites is 1. The fourth-order valence-electron chi connectivity index (χ4n) is 3.31. The third-order valence-electron chi connectivity index (χ3n) is 4.75. The van der Waals surface area contributed by atoms with Gasteiger partial charge in [-0.2, -0.15) is 4.31 Å². The van der Waals surface area contributed by atoms with E-state index >= 15 is 0 Å². The van der Waals surface area contributed by atoms with Crippen molar-refractivity contribution in [2.24, 2.45) is 5.92 Å². The van der Waals surface area contributed by atoms with Gasteiger partial charge in [-0.3, -0.25) is 0 Å². The summed E-state index contributed by atoms with van der Waals surface area (Å²) in [6.45, 7) is 4.38. The highest BCUT2D eigenvalue weighted by Crippen LogP contribution is 2.42. The molecule has 1 N–H and O–H groups in total. The summed E-state index contributed by atoms with van der Waals surface area (Å²) in [5.74, 6) is 0.130. The highest BCUT2D eigenvalue weighted by molar-refractivity contribution is 7.89. The van der Waals surface area contributed by atoms with Crippen LogP contribution < -0.4 is 0 Å². The first kappa shape index (κ1) is 18.8. The molecule has 3 rings (SSSR count). The molecule has 1 aliphatic rings. The number of halogens is 1. The molecule has 1 fully saturated rings. The van der Waals surface area contributed by atoms with Crippen molar-refractivity contribution in [3.8, 4) is 5.75 Å². The maximum atomic E-state index is 13.0. The molecule has 0 unspecified atom stereocenters. The standard InChI is InChI=1S/C19H20ClNO4S/c1-13(25-2)17-11-21(12-18(17)16-5-3-4-6-19(16)22)26(23,24)15-9-7-14(20)8-10-15/h3-10,17-18,22H,1,11-12H2,2H3/t17-,18-/m0/s1. The number of methoxy groups -OCH3 is 1. The fourth-order valence-corrected chi connectivity index (χ4v) is 4.93. The van der Waals surface area contributed by atoms with Crippen molar-refractivity contribution >= 4 is 21.6 Å². The SMILES string of the molecule is C=C(OC)[C@@H]1CN(S(=O)(=O)c2ccc(Cl)cc2)C[C@H]1c1ccccc1O. The Bertz CT molecular complexity index is 911. The van der Waals surface area contributed by atoms with Crippen molar-refractivity contribution in [2.75, 3.05) is 20.2 Å². The van der Waals surface area contributed by atoms with Gasteiger partial charge in [0, 0.05) is 29.9 Å². The van der Waals surface area contributed by atoms with Crippen molar-refractivity contribution in [1.82, 2.24) is 4.31 Å². The molecule has 5 nitrogen and oxygen atoms in total. The number of ether oxygens (including phenoxy) is 1. The van der Waals surface area contributed by atoms with E-state index in [1.807, 2.05) is 6.07 Å². The number of sulfonamides is 1. The summed E-state index contributed by atoms with van der Waals surface area (Å²) in [7, 11) is -2.17. The predicted octanol–water partition coefficient (Wildman–Crippen LogP) is 3.61. The molecule has 0 saturated carbocycles. The third-order valence-corrected chi connectivity index (χ3v) is 6.85. The van der Waals surface area contributed by atoms with Gasteiger partial charge in [0.2, 0.25) is 10.0 Å². The lowest BCUT2D eigenvalue weighted by Crippen LogP contribution is -2.29. The van der Waals surface area contributed by atoms with Crippen LogP contribution in [-0.2, 0) is 14.8 Å². The van der Waals surface area contributed by atoms with Crippen LogP contribution >= 0.6 is 11.6 Å². The van der Waals surface area contributed by atoms with Gasteiger partial charge in [-0.1, -0.05) is 36.4 Å². The smallest absolute Gasteiger partial charge is 0.243 e. The van der Waals surface area contributed by atoms with E-state index in [4.69, 9.17) is 16.3 Å². The Morgan fingerprint density at radius 1 is 1.19 bits per heavy atom. The summed E-state index contributed by atoms with van der Waals surface area (Å²) < 4.78 is 32.7. The number of phenolic OH excluding ortho intramolecular Hbond substituents is 1. The van der Waals surface area contributed by atoms with Gasteiger partial charge in [0.15, 0.2) is 0 Å². The van der Waals surface area contributed by atoms with Crippen LogP contribution in [0.2, 0.25) is 5.02 Å². The lowest BCUT2D eigenvalue weighted by atomic mass is 9.87. The highest BCUT2D eigenvalue weighted by atomic mass is 35.5. The average Bonchev–Trinajstić information content (AvgIpc) is 3.08. The van der Waals surface area contributed by atoms with Gasteiger partial charge < -0.3 is 9.84 Å². The number of phenols is 1. The normalized spacial score (nSPS) is 20.8. The van der Waals surface area contributed by atoms with Crippen molar-refractivity contribution in [2.45, 2.75) is 10.8 Å². The zero-order valence-electron chi connectivity index (χ0n) is 14.3. The molecular weight excluding hydrogens is 374 g/mol. The summed E-state index contributed by atoms with van der Waals surface area (Å²) >= 11 is 5.86. The van der Waals surface area contributed by atoms with E-state index in [0.29, 0.717) is 16.3 Å². The van der Waals surface area contributed by atoms with E-state index in [1.54, 1.807) is 30.3 Å². The van der Waals surface area contributed by atoms with E-state index in [1.165, 1.54) is 23.5 Å². The third kappa shape index (κ3) is 3.45. The van der Waals surface area contributed by atoms with Crippen LogP contribution in [0.4, 0.5) is 0 Å². The van der Waals surface area contributed by atoms with Gasteiger partial charge >= 0.3 is 0 Å². The number of aromatic hydroxyl groups is 1. The Hall–Kier alpha value is -2.02. The number of hydrogen-bond acceptors (Lipinski definition) is 4. The van der Waals surface area contributed by atoms with E-state index in [-0.39, 0.29) is 35.6 Å². The lowest BCUT2D eigenvalue weighted by molar-refractivity contribution is 0.239. The molecule has 138 valence electrons. The van der Waals surface area contributed by atoms with Gasteiger partial charge in [-0.05, 0) is 35.9 Å². The predicted molar refractivity (Wildman–Crippen MR) is 101 cm³/mol. The number of hydrogen-bond donors (Lipinski definition) is 1. The first-order valence-electron chi connectivity index (χ1n) is 8.11. The number of nitrogens with zero attached hydrogens (tertiary/aromatic N) is 1. The topological polar surface area (TPSA) is 66.8 Å². The minimum absolute atomic E-state index is 0.136. The largest absolute Gasteiger partial charge is 0.508 e. The zero-order valence-corrected chi connectivity index (χ0v) is 15.9. The molecule has 7 heteroatoms. The quantitative estimate of drug-likeness (QED) is 0.788. The van der Waals surface area contributed by atoms with Crippen molar-refractivity contribution < 1.29 is 18.3 Å². The van der Waals surface area contributed by atoms with Crippen molar-refractivity contribution in [1.29, 1.82) is 0 Å². The zero-order chi connectivity index (χ0) is 18.9. The van der Waals surface area contributed by atoms with Gasteiger partial charge in [-0.25, -0.2) is 8.42 Å². The summed E-state index contributed by atoms with van der Waals surface area (Å²) in [6.07, 6.45) is 0. The molecule has 0 aliphatic carbocycles. The van der Waals surface area contributed by atoms with E-state index in [9.17, 15) is 13.5 Å². The Morgan fingerprint density at radius 2 is 1.85 bits per heavy atom. The summed E-state index contributed by atoms with van der Waals surface area (Å²) in [6, 6.07) is 13.0. The van der Waals surface area contributed by atoms with Crippen LogP contribution in [-0.4, -0.2) is 38.0 Å². The second kappa shape index (κ2) is 7.31. The molecule has 1 saturated heterocycles. The highest BCUT2D eigenvalue weighted by Gasteiger charge is 2.42. The molecule has 0 bridgehead atoms. The van der Waals surface area contributed by atoms with E-state index < -0.39 is 10.0 Å². The molecule has 0 radical (unpaired) electrons. The summed E-state index contributed by atoms with van der Waals surface area (Å²) in [4.78, 5) is 0.182. The van der Waals surface area contributed by atoms with E-state index in [2.05, 4.69) is 6.58 Å². The van der Waals surface area contributed by atoms with E-state index in [0.717, 1.165) is 0 Å². The number of benzene rings is 2. The van der Waals surface area contributed by atoms with Crippen LogP contribution in [0, 0.1) is 5.92 Å². The van der Waals surface area contributed by atoms with Crippen LogP contribution in [0.1, 0.15) is 11.5 Å².